The van der Waals surface area contributed by atoms with E-state index in [1.807, 2.05) is 0 Å². The second kappa shape index (κ2) is 5.83. The van der Waals surface area contributed by atoms with Crippen molar-refractivity contribution in [2.45, 2.75) is 63.6 Å². The Bertz CT molecular complexity index is 264. The van der Waals surface area contributed by atoms with Crippen molar-refractivity contribution in [1.82, 2.24) is 10.6 Å². The number of aliphatic hydroxyl groups is 1. The van der Waals surface area contributed by atoms with E-state index in [-0.39, 0.29) is 24.1 Å². The van der Waals surface area contributed by atoms with E-state index in [2.05, 4.69) is 17.6 Å². The van der Waals surface area contributed by atoms with Gasteiger partial charge in [0.15, 0.2) is 0 Å². The fourth-order valence-electron chi connectivity index (χ4n) is 2.99. The Hall–Kier alpha value is -0.610. The largest absolute Gasteiger partial charge is 0.392 e. The van der Waals surface area contributed by atoms with Crippen LogP contribution in [-0.2, 0) is 4.79 Å². The van der Waals surface area contributed by atoms with E-state index in [1.165, 1.54) is 32.1 Å². The van der Waals surface area contributed by atoms with E-state index in [4.69, 9.17) is 0 Å². The molecule has 2 aliphatic rings. The van der Waals surface area contributed by atoms with Crippen LogP contribution in [0.4, 0.5) is 0 Å². The highest BCUT2D eigenvalue weighted by Gasteiger charge is 2.30. The maximum absolute atomic E-state index is 12.0. The molecule has 98 valence electrons. The molecule has 3 N–H and O–H groups in total. The van der Waals surface area contributed by atoms with Gasteiger partial charge in [-0.2, -0.15) is 0 Å². The highest BCUT2D eigenvalue weighted by atomic mass is 16.3. The molecule has 1 heterocycles. The minimum absolute atomic E-state index is 0.0552. The lowest BCUT2D eigenvalue weighted by atomic mass is 9.84. The van der Waals surface area contributed by atoms with Gasteiger partial charge in [0.05, 0.1) is 12.1 Å². The van der Waals surface area contributed by atoms with Crippen LogP contribution in [-0.4, -0.2) is 35.7 Å². The number of nitrogens with one attached hydrogen (secondary N) is 2. The predicted octanol–water partition coefficient (Wildman–Crippen LogP) is 0.794. The van der Waals surface area contributed by atoms with Gasteiger partial charge in [-0.15, -0.1) is 0 Å². The Morgan fingerprint density at radius 1 is 1.35 bits per heavy atom. The lowest BCUT2D eigenvalue weighted by molar-refractivity contribution is -0.124. The van der Waals surface area contributed by atoms with Crippen molar-refractivity contribution in [3.8, 4) is 0 Å². The van der Waals surface area contributed by atoms with Gasteiger partial charge in [-0.1, -0.05) is 19.3 Å². The lowest BCUT2D eigenvalue weighted by Gasteiger charge is -2.29. The summed E-state index contributed by atoms with van der Waals surface area (Å²) >= 11 is 0. The van der Waals surface area contributed by atoms with Crippen molar-refractivity contribution >= 4 is 5.91 Å². The maximum Gasteiger partial charge on any atom is 0.237 e. The van der Waals surface area contributed by atoms with Crippen molar-refractivity contribution in [1.29, 1.82) is 0 Å². The molecule has 3 atom stereocenters. The first-order valence-corrected chi connectivity index (χ1v) is 6.88. The molecular formula is C13H24N2O2. The normalized spacial score (nSPS) is 32.4. The molecule has 17 heavy (non-hydrogen) atoms. The van der Waals surface area contributed by atoms with Crippen LogP contribution in [0.5, 0.6) is 0 Å². The second-order valence-corrected chi connectivity index (χ2v) is 5.55. The Kier molecular flexibility index (Phi) is 4.40. The first-order valence-electron chi connectivity index (χ1n) is 6.88. The van der Waals surface area contributed by atoms with E-state index in [9.17, 15) is 9.90 Å². The summed E-state index contributed by atoms with van der Waals surface area (Å²) in [5.41, 5.74) is 0. The van der Waals surface area contributed by atoms with Crippen LogP contribution in [0.1, 0.15) is 45.4 Å². The van der Waals surface area contributed by atoms with E-state index in [1.54, 1.807) is 0 Å². The summed E-state index contributed by atoms with van der Waals surface area (Å²) in [5.74, 6) is 0.693. The molecule has 2 fully saturated rings. The highest BCUT2D eigenvalue weighted by Crippen LogP contribution is 2.26. The van der Waals surface area contributed by atoms with Gasteiger partial charge < -0.3 is 15.7 Å². The van der Waals surface area contributed by atoms with E-state index < -0.39 is 0 Å². The van der Waals surface area contributed by atoms with Gasteiger partial charge in [-0.05, 0) is 32.1 Å². The summed E-state index contributed by atoms with van der Waals surface area (Å²) in [6, 6.07) is 0.0679. The van der Waals surface area contributed by atoms with Crippen LogP contribution in [0.15, 0.2) is 0 Å². The van der Waals surface area contributed by atoms with Gasteiger partial charge >= 0.3 is 0 Å². The molecule has 4 nitrogen and oxygen atoms in total. The van der Waals surface area contributed by atoms with Crippen molar-refractivity contribution in [3.05, 3.63) is 0 Å². The monoisotopic (exact) mass is 240 g/mol. The number of aliphatic hydroxyl groups excluding tert-OH is 1. The molecule has 0 radical (unpaired) electrons. The van der Waals surface area contributed by atoms with E-state index in [0.717, 1.165) is 0 Å². The van der Waals surface area contributed by atoms with Crippen LogP contribution in [0, 0.1) is 5.92 Å². The standard InChI is InChI=1S/C13H24N2O2/c1-9(10-5-3-2-4-6-10)15-13(17)12-7-11(16)8-14-12/h9-12,14,16H,2-8H2,1H3,(H,15,17)/t9-,11?,12?/m0/s1. The van der Waals surface area contributed by atoms with Crippen molar-refractivity contribution < 1.29 is 9.90 Å². The highest BCUT2D eigenvalue weighted by molar-refractivity contribution is 5.82. The third-order valence-electron chi connectivity index (χ3n) is 4.15. The van der Waals surface area contributed by atoms with Crippen molar-refractivity contribution in [2.75, 3.05) is 6.54 Å². The van der Waals surface area contributed by atoms with Crippen LogP contribution in [0.25, 0.3) is 0 Å². The minimum Gasteiger partial charge on any atom is -0.392 e. The fourth-order valence-corrected chi connectivity index (χ4v) is 2.99. The quantitative estimate of drug-likeness (QED) is 0.683. The lowest BCUT2D eigenvalue weighted by Crippen LogP contribution is -2.46. The first kappa shape index (κ1) is 12.8. The third kappa shape index (κ3) is 3.42. The van der Waals surface area contributed by atoms with Gasteiger partial charge in [0.2, 0.25) is 5.91 Å². The Labute approximate surface area is 103 Å². The first-order chi connectivity index (χ1) is 8.16. The molecule has 1 aliphatic heterocycles. The van der Waals surface area contributed by atoms with Gasteiger partial charge in [0, 0.05) is 12.6 Å². The predicted molar refractivity (Wildman–Crippen MR) is 66.6 cm³/mol. The van der Waals surface area contributed by atoms with Gasteiger partial charge in [0.25, 0.3) is 0 Å². The SMILES string of the molecule is C[C@H](NC(=O)C1CC(O)CN1)C1CCCCC1. The van der Waals surface area contributed by atoms with E-state index in [0.29, 0.717) is 18.9 Å². The number of hydrogen-bond donors (Lipinski definition) is 3. The summed E-state index contributed by atoms with van der Waals surface area (Å²) in [7, 11) is 0. The Balaban J connectivity index is 1.77. The molecule has 0 spiro atoms. The smallest absolute Gasteiger partial charge is 0.237 e. The fraction of sp³-hybridized carbons (Fsp3) is 0.923. The summed E-state index contributed by atoms with van der Waals surface area (Å²) in [6.45, 7) is 2.65. The number of hydrogen-bond acceptors (Lipinski definition) is 3. The topological polar surface area (TPSA) is 61.4 Å². The Morgan fingerprint density at radius 2 is 2.06 bits per heavy atom. The Morgan fingerprint density at radius 3 is 2.65 bits per heavy atom. The van der Waals surface area contributed by atoms with Crippen LogP contribution < -0.4 is 10.6 Å². The summed E-state index contributed by atoms with van der Waals surface area (Å²) in [5, 5.41) is 15.5. The minimum atomic E-state index is -0.365. The molecule has 0 bridgehead atoms. The number of carbonyl (C=O) groups is 1. The average molecular weight is 240 g/mol. The molecule has 1 saturated carbocycles. The number of amides is 1. The molecule has 0 aromatic carbocycles. The summed E-state index contributed by atoms with van der Waals surface area (Å²) < 4.78 is 0. The molecule has 0 aromatic rings. The number of carbonyl (C=O) groups excluding carboxylic acids is 1. The molecule has 4 heteroatoms. The zero-order valence-electron chi connectivity index (χ0n) is 10.6. The zero-order chi connectivity index (χ0) is 12.3. The van der Waals surface area contributed by atoms with Gasteiger partial charge in [-0.3, -0.25) is 4.79 Å². The molecular weight excluding hydrogens is 216 g/mol. The molecule has 2 unspecified atom stereocenters. The van der Waals surface area contributed by atoms with Crippen LogP contribution in [0.3, 0.4) is 0 Å². The van der Waals surface area contributed by atoms with E-state index >= 15 is 0 Å². The number of β-amino-alcohol motifs (C(OH)–C–C–N with tert-alkyl or cyclic N) is 1. The maximum atomic E-state index is 12.0. The summed E-state index contributed by atoms with van der Waals surface area (Å²) in [4.78, 5) is 12.0. The molecule has 1 aliphatic carbocycles. The molecule has 2 rings (SSSR count). The third-order valence-corrected chi connectivity index (χ3v) is 4.15. The molecule has 0 aromatic heterocycles. The van der Waals surface area contributed by atoms with Crippen LogP contribution in [0.2, 0.25) is 0 Å². The summed E-state index contributed by atoms with van der Waals surface area (Å²) in [6.07, 6.45) is 6.59. The van der Waals surface area contributed by atoms with Crippen molar-refractivity contribution in [2.24, 2.45) is 5.92 Å². The van der Waals surface area contributed by atoms with Gasteiger partial charge in [0.1, 0.15) is 0 Å². The van der Waals surface area contributed by atoms with Crippen molar-refractivity contribution in [3.63, 3.8) is 0 Å². The van der Waals surface area contributed by atoms with Crippen LogP contribution >= 0.6 is 0 Å². The van der Waals surface area contributed by atoms with Gasteiger partial charge in [-0.25, -0.2) is 0 Å². The zero-order valence-corrected chi connectivity index (χ0v) is 10.6. The second-order valence-electron chi connectivity index (χ2n) is 5.55. The molecule has 1 saturated heterocycles. The molecule has 1 amide bonds. The average Bonchev–Trinajstić information content (AvgIpc) is 2.77. The number of rotatable bonds is 3.